The second-order valence-electron chi connectivity index (χ2n) is 8.90. The van der Waals surface area contributed by atoms with Gasteiger partial charge in [0, 0.05) is 12.1 Å². The first-order valence-corrected chi connectivity index (χ1v) is 11.9. The number of ether oxygens (including phenoxy) is 2. The molecule has 1 N–H and O–H groups in total. The average Bonchev–Trinajstić information content (AvgIpc) is 3.11. The number of aliphatic hydroxyl groups excluding tert-OH is 1. The molecule has 0 bridgehead atoms. The Balaban J connectivity index is 2.04. The predicted octanol–water partition coefficient (Wildman–Crippen LogP) is 4.50. The third kappa shape index (κ3) is 6.04. The molecule has 2 aromatic rings. The van der Waals surface area contributed by atoms with Gasteiger partial charge in [0.1, 0.15) is 30.5 Å². The summed E-state index contributed by atoms with van der Waals surface area (Å²) in [5, 5.41) is 11.3. The molecular weight excluding hydrogens is 456 g/mol. The molecule has 7 heteroatoms. The third-order valence-corrected chi connectivity index (χ3v) is 5.91. The highest BCUT2D eigenvalue weighted by atomic mass is 16.5. The van der Waals surface area contributed by atoms with Crippen molar-refractivity contribution in [1.82, 2.24) is 9.80 Å². The van der Waals surface area contributed by atoms with Crippen molar-refractivity contribution < 1.29 is 24.2 Å². The number of nitrogens with zero attached hydrogens (tertiary/aromatic N) is 2. The zero-order valence-electron chi connectivity index (χ0n) is 21.2. The maximum atomic E-state index is 13.2. The smallest absolute Gasteiger partial charge is 0.295 e. The van der Waals surface area contributed by atoms with Crippen LogP contribution in [0.2, 0.25) is 0 Å². The molecule has 0 radical (unpaired) electrons. The Morgan fingerprint density at radius 1 is 1.06 bits per heavy atom. The van der Waals surface area contributed by atoms with E-state index < -0.39 is 17.7 Å². The molecule has 3 rings (SSSR count). The van der Waals surface area contributed by atoms with Crippen LogP contribution in [0.1, 0.15) is 29.2 Å². The van der Waals surface area contributed by atoms with E-state index in [0.717, 1.165) is 12.1 Å². The van der Waals surface area contributed by atoms with Gasteiger partial charge in [-0.1, -0.05) is 37.4 Å². The number of amides is 1. The molecule has 1 aliphatic rings. The quantitative estimate of drug-likeness (QED) is 0.204. The second kappa shape index (κ2) is 12.2. The topological polar surface area (TPSA) is 79.3 Å². The fourth-order valence-corrected chi connectivity index (χ4v) is 4.18. The van der Waals surface area contributed by atoms with Gasteiger partial charge in [0.2, 0.25) is 0 Å². The number of carbonyl (C=O) groups is 2. The van der Waals surface area contributed by atoms with Gasteiger partial charge in [0.25, 0.3) is 11.7 Å². The van der Waals surface area contributed by atoms with Crippen molar-refractivity contribution in [1.29, 1.82) is 0 Å². The molecule has 2 aromatic carbocycles. The Morgan fingerprint density at radius 3 is 2.33 bits per heavy atom. The van der Waals surface area contributed by atoms with Crippen molar-refractivity contribution in [2.75, 3.05) is 40.4 Å². The number of Topliss-reactive ketones (excluding diaryl/α,β-unsaturated/α-hetero) is 1. The summed E-state index contributed by atoms with van der Waals surface area (Å²) >= 11 is 0. The number of carbonyl (C=O) groups excluding carboxylic acids is 2. The lowest BCUT2D eigenvalue weighted by Crippen LogP contribution is -2.32. The largest absolute Gasteiger partial charge is 0.507 e. The van der Waals surface area contributed by atoms with Crippen LogP contribution < -0.4 is 9.47 Å². The van der Waals surface area contributed by atoms with Crippen LogP contribution in [-0.4, -0.2) is 67.0 Å². The van der Waals surface area contributed by atoms with Crippen molar-refractivity contribution in [3.8, 4) is 11.5 Å². The van der Waals surface area contributed by atoms with Gasteiger partial charge in [-0.2, -0.15) is 0 Å². The van der Waals surface area contributed by atoms with Gasteiger partial charge in [0.05, 0.1) is 11.6 Å². The molecule has 1 fully saturated rings. The molecule has 190 valence electrons. The first-order valence-electron chi connectivity index (χ1n) is 11.9. The van der Waals surface area contributed by atoms with Crippen LogP contribution in [-0.2, 0) is 9.59 Å². The van der Waals surface area contributed by atoms with Crippen molar-refractivity contribution in [3.05, 3.63) is 90.0 Å². The molecule has 0 aliphatic carbocycles. The molecule has 1 saturated heterocycles. The van der Waals surface area contributed by atoms with Crippen molar-refractivity contribution >= 4 is 17.4 Å². The number of aryl methyl sites for hydroxylation is 1. The zero-order valence-corrected chi connectivity index (χ0v) is 21.2. The molecule has 1 atom stereocenters. The number of aliphatic hydroxyl groups is 1. The number of hydrogen-bond acceptors (Lipinski definition) is 6. The highest BCUT2D eigenvalue weighted by molar-refractivity contribution is 6.46. The van der Waals surface area contributed by atoms with E-state index in [0.29, 0.717) is 48.8 Å². The number of likely N-dealkylation sites (tertiary alicyclic amines) is 1. The lowest BCUT2D eigenvalue weighted by molar-refractivity contribution is -0.139. The van der Waals surface area contributed by atoms with E-state index in [1.54, 1.807) is 47.4 Å². The van der Waals surface area contributed by atoms with E-state index >= 15 is 0 Å². The van der Waals surface area contributed by atoms with Crippen LogP contribution in [0, 0.1) is 6.92 Å². The van der Waals surface area contributed by atoms with Gasteiger partial charge in [-0.15, -0.1) is 0 Å². The Morgan fingerprint density at radius 2 is 1.72 bits per heavy atom. The SMILES string of the molecule is C=CCOc1ccc([C@@H]2C(=C(O)c3ccc(OCC=C)c(C)c3)C(=O)C(=O)N2CCCN(C)C)cc1. The minimum atomic E-state index is -0.711. The standard InChI is InChI=1S/C29H34N2O5/c1-6-17-35-23-12-9-21(10-13-23)26-25(28(33)29(34)31(26)16-8-15-30(4)5)27(32)22-11-14-24(20(3)19-22)36-18-7-2/h6-7,9-14,19,26,32H,1-2,8,15-18H2,3-5H3/t26-/m1/s1. The average molecular weight is 491 g/mol. The molecule has 0 spiro atoms. The maximum absolute atomic E-state index is 13.2. The van der Waals surface area contributed by atoms with Gasteiger partial charge in [-0.05, 0) is 75.4 Å². The summed E-state index contributed by atoms with van der Waals surface area (Å²) in [7, 11) is 3.91. The molecule has 1 amide bonds. The first kappa shape index (κ1) is 26.8. The Bertz CT molecular complexity index is 1150. The van der Waals surface area contributed by atoms with Gasteiger partial charge >= 0.3 is 0 Å². The normalized spacial score (nSPS) is 16.9. The van der Waals surface area contributed by atoms with Gasteiger partial charge < -0.3 is 24.4 Å². The molecule has 7 nitrogen and oxygen atoms in total. The Labute approximate surface area is 212 Å². The molecule has 0 aromatic heterocycles. The van der Waals surface area contributed by atoms with E-state index in [1.165, 1.54) is 0 Å². The van der Waals surface area contributed by atoms with Crippen LogP contribution in [0.25, 0.3) is 5.76 Å². The lowest BCUT2D eigenvalue weighted by atomic mass is 9.94. The van der Waals surface area contributed by atoms with E-state index in [-0.39, 0.29) is 11.3 Å². The summed E-state index contributed by atoms with van der Waals surface area (Å²) < 4.78 is 11.2. The highest BCUT2D eigenvalue weighted by Crippen LogP contribution is 2.40. The maximum Gasteiger partial charge on any atom is 0.295 e. The first-order chi connectivity index (χ1) is 17.3. The fourth-order valence-electron chi connectivity index (χ4n) is 4.18. The molecule has 1 aliphatic heterocycles. The molecule has 0 unspecified atom stereocenters. The van der Waals surface area contributed by atoms with Crippen LogP contribution in [0.3, 0.4) is 0 Å². The summed E-state index contributed by atoms with van der Waals surface area (Å²) in [5.74, 6) is -0.219. The van der Waals surface area contributed by atoms with Gasteiger partial charge in [0.15, 0.2) is 0 Å². The van der Waals surface area contributed by atoms with E-state index in [4.69, 9.17) is 9.47 Å². The third-order valence-electron chi connectivity index (χ3n) is 5.91. The van der Waals surface area contributed by atoms with Crippen molar-refractivity contribution in [2.45, 2.75) is 19.4 Å². The van der Waals surface area contributed by atoms with Gasteiger partial charge in [-0.3, -0.25) is 9.59 Å². The Kier molecular flexibility index (Phi) is 9.08. The fraction of sp³-hybridized carbons (Fsp3) is 0.310. The summed E-state index contributed by atoms with van der Waals surface area (Å²) in [6.45, 7) is 11.0. The zero-order chi connectivity index (χ0) is 26.2. The van der Waals surface area contributed by atoms with Gasteiger partial charge in [-0.25, -0.2) is 0 Å². The minimum Gasteiger partial charge on any atom is -0.507 e. The number of hydrogen-bond donors (Lipinski definition) is 1. The summed E-state index contributed by atoms with van der Waals surface area (Å²) in [6.07, 6.45) is 3.99. The second-order valence-corrected chi connectivity index (χ2v) is 8.90. The molecule has 1 heterocycles. The minimum absolute atomic E-state index is 0.0729. The molecule has 0 saturated carbocycles. The highest BCUT2D eigenvalue weighted by Gasteiger charge is 2.45. The van der Waals surface area contributed by atoms with Crippen LogP contribution in [0.4, 0.5) is 0 Å². The molecule has 36 heavy (non-hydrogen) atoms. The predicted molar refractivity (Wildman–Crippen MR) is 141 cm³/mol. The van der Waals surface area contributed by atoms with E-state index in [2.05, 4.69) is 13.2 Å². The summed E-state index contributed by atoms with van der Waals surface area (Å²) in [4.78, 5) is 29.9. The molecular formula is C29H34N2O5. The number of benzene rings is 2. The number of rotatable bonds is 12. The van der Waals surface area contributed by atoms with Crippen LogP contribution in [0.15, 0.2) is 73.3 Å². The van der Waals surface area contributed by atoms with E-state index in [9.17, 15) is 14.7 Å². The van der Waals surface area contributed by atoms with Crippen LogP contribution in [0.5, 0.6) is 11.5 Å². The summed E-state index contributed by atoms with van der Waals surface area (Å²) in [6, 6.07) is 11.7. The van der Waals surface area contributed by atoms with Crippen molar-refractivity contribution in [3.63, 3.8) is 0 Å². The van der Waals surface area contributed by atoms with Crippen LogP contribution >= 0.6 is 0 Å². The summed E-state index contributed by atoms with van der Waals surface area (Å²) in [5.41, 5.74) is 2.03. The van der Waals surface area contributed by atoms with E-state index in [1.807, 2.05) is 38.1 Å². The Hall–Kier alpha value is -3.84. The number of ketones is 1. The van der Waals surface area contributed by atoms with Crippen molar-refractivity contribution in [2.24, 2.45) is 0 Å². The lowest BCUT2D eigenvalue weighted by Gasteiger charge is -2.26. The monoisotopic (exact) mass is 490 g/mol.